The van der Waals surface area contributed by atoms with E-state index in [4.69, 9.17) is 32.9 Å². The molecule has 2 aliphatic carbocycles. The van der Waals surface area contributed by atoms with Gasteiger partial charge in [0.05, 0.1) is 0 Å². The Balaban J connectivity index is 0.000000267. The van der Waals surface area contributed by atoms with E-state index < -0.39 is 15.2 Å². The Kier molecular flexibility index (Phi) is 5.99. The molecule has 0 spiro atoms. The van der Waals surface area contributed by atoms with Crippen LogP contribution < -0.4 is 0 Å². The number of allylic oxidation sites excluding steroid dienone is 3. The predicted octanol–water partition coefficient (Wildman–Crippen LogP) is 5.71. The van der Waals surface area contributed by atoms with Gasteiger partial charge in [-0.25, -0.2) is 0 Å². The van der Waals surface area contributed by atoms with Crippen molar-refractivity contribution >= 4 is 27.6 Å². The Morgan fingerprint density at radius 1 is 1.28 bits per heavy atom. The molecule has 5 heteroatoms. The number of hydrogen-bond donors (Lipinski definition) is 0. The molecule has 3 unspecified atom stereocenters. The van der Waals surface area contributed by atoms with E-state index in [1.54, 1.807) is 5.57 Å². The summed E-state index contributed by atoms with van der Waals surface area (Å²) in [4.78, 5) is 0. The van der Waals surface area contributed by atoms with Crippen LogP contribution in [0, 0.1) is 17.8 Å². The van der Waals surface area contributed by atoms with Crippen LogP contribution in [0.5, 0.6) is 0 Å². The maximum absolute atomic E-state index is 4.95. The van der Waals surface area contributed by atoms with Crippen molar-refractivity contribution in [3.8, 4) is 0 Å². The molecule has 0 bridgehead atoms. The fraction of sp³-hybridized carbons (Fsp3) is 0.692. The second-order valence-corrected chi connectivity index (χ2v) is 14.7. The number of halogens is 3. The third kappa shape index (κ3) is 3.94. The predicted molar refractivity (Wildman–Crippen MR) is 76.6 cm³/mol. The van der Waals surface area contributed by atoms with Gasteiger partial charge in [0, 0.05) is 0 Å². The van der Waals surface area contributed by atoms with Crippen LogP contribution in [0.1, 0.15) is 32.6 Å². The van der Waals surface area contributed by atoms with Crippen LogP contribution in [-0.2, 0) is 15.2 Å². The van der Waals surface area contributed by atoms with Gasteiger partial charge in [-0.15, -0.1) is 12.6 Å². The third-order valence-electron chi connectivity index (χ3n) is 4.09. The zero-order valence-electron chi connectivity index (χ0n) is 10.3. The maximum atomic E-state index is 4.95. The summed E-state index contributed by atoms with van der Waals surface area (Å²) in [6, 6.07) is 0. The van der Waals surface area contributed by atoms with E-state index in [-0.39, 0.29) is 0 Å². The molecule has 3 aliphatic rings. The molecule has 1 heterocycles. The number of fused-ring (bicyclic) bond motifs is 2. The van der Waals surface area contributed by atoms with E-state index in [1.165, 1.54) is 31.4 Å². The van der Waals surface area contributed by atoms with E-state index in [0.717, 1.165) is 24.3 Å². The van der Waals surface area contributed by atoms with Gasteiger partial charge < -0.3 is 5.32 Å². The van der Waals surface area contributed by atoms with Crippen molar-refractivity contribution in [1.29, 1.82) is 0 Å². The SMILES string of the molecule is CC1CCC2C3=C(C=CC[N-]3)CC2C1.[Cl][Au]([Cl])[Cl]. The van der Waals surface area contributed by atoms with Gasteiger partial charge in [0.25, 0.3) is 0 Å². The number of nitrogens with zero attached hydrogens (tertiary/aromatic N) is 1. The number of rotatable bonds is 0. The fourth-order valence-electron chi connectivity index (χ4n) is 3.43. The monoisotopic (exact) mass is 490 g/mol. The Hall–Kier alpha value is 0.890. The first-order valence-corrected chi connectivity index (χ1v) is 14.3. The van der Waals surface area contributed by atoms with Crippen molar-refractivity contribution < 1.29 is 15.2 Å². The van der Waals surface area contributed by atoms with Gasteiger partial charge in [-0.1, -0.05) is 25.0 Å². The van der Waals surface area contributed by atoms with Crippen LogP contribution in [-0.4, -0.2) is 6.54 Å². The molecule has 18 heavy (non-hydrogen) atoms. The van der Waals surface area contributed by atoms with Crippen LogP contribution in [0.15, 0.2) is 23.4 Å². The molecule has 3 rings (SSSR count). The Morgan fingerprint density at radius 3 is 2.72 bits per heavy atom. The molecule has 0 N–H and O–H groups in total. The topological polar surface area (TPSA) is 14.1 Å². The molecule has 1 nitrogen and oxygen atoms in total. The first-order valence-electron chi connectivity index (χ1n) is 6.26. The van der Waals surface area contributed by atoms with Gasteiger partial charge in [-0.05, 0) is 37.0 Å². The van der Waals surface area contributed by atoms with E-state index in [1.807, 2.05) is 0 Å². The molecule has 108 valence electrons. The molecule has 1 aliphatic heterocycles. The van der Waals surface area contributed by atoms with Crippen molar-refractivity contribution in [2.45, 2.75) is 32.6 Å². The van der Waals surface area contributed by atoms with Crippen LogP contribution in [0.4, 0.5) is 0 Å². The standard InChI is InChI=1S/C13H18N.Au.3ClH/c1-9-4-5-12-11(7-9)8-10-3-2-6-14-13(10)12;;;;/h2-3,9,11-12H,4-8H2,1H3;;3*1H/q-1;+3;;;/p-3. The fourth-order valence-corrected chi connectivity index (χ4v) is 3.43. The molecule has 0 saturated heterocycles. The summed E-state index contributed by atoms with van der Waals surface area (Å²) >= 11 is -1.79. The average Bonchev–Trinajstić information content (AvgIpc) is 2.65. The molecule has 0 aromatic rings. The van der Waals surface area contributed by atoms with Gasteiger partial charge in [0.1, 0.15) is 0 Å². The first-order chi connectivity index (χ1) is 8.58. The van der Waals surface area contributed by atoms with Gasteiger partial charge in [0.2, 0.25) is 0 Å². The normalized spacial score (nSPS) is 34.0. The molecular weight excluding hydrogens is 473 g/mol. The summed E-state index contributed by atoms with van der Waals surface area (Å²) in [5.74, 6) is 2.70. The molecule has 0 aromatic carbocycles. The molecular formula is C13H18AuCl3N-. The first kappa shape index (κ1) is 15.3. The van der Waals surface area contributed by atoms with Crippen molar-refractivity contribution in [2.24, 2.45) is 17.8 Å². The van der Waals surface area contributed by atoms with Gasteiger partial charge in [-0.3, -0.25) is 0 Å². The average molecular weight is 492 g/mol. The minimum atomic E-state index is -1.79. The summed E-state index contributed by atoms with van der Waals surface area (Å²) in [7, 11) is 14.9. The zero-order valence-corrected chi connectivity index (χ0v) is 14.7. The molecule has 3 atom stereocenters. The summed E-state index contributed by atoms with van der Waals surface area (Å²) in [6.45, 7) is 3.33. The van der Waals surface area contributed by atoms with Crippen LogP contribution in [0.3, 0.4) is 0 Å². The van der Waals surface area contributed by atoms with E-state index in [9.17, 15) is 0 Å². The van der Waals surface area contributed by atoms with E-state index in [0.29, 0.717) is 0 Å². The summed E-state index contributed by atoms with van der Waals surface area (Å²) in [5, 5.41) is 4.69. The summed E-state index contributed by atoms with van der Waals surface area (Å²) < 4.78 is 0. The quantitative estimate of drug-likeness (QED) is 0.386. The molecule has 1 saturated carbocycles. The van der Waals surface area contributed by atoms with E-state index in [2.05, 4.69) is 19.1 Å². The molecule has 0 aromatic heterocycles. The van der Waals surface area contributed by atoms with Gasteiger partial charge in [-0.2, -0.15) is 5.70 Å². The minimum absolute atomic E-state index is 0.825. The Morgan fingerprint density at radius 2 is 2.00 bits per heavy atom. The molecule has 1 fully saturated rings. The Labute approximate surface area is 128 Å². The van der Waals surface area contributed by atoms with Crippen molar-refractivity contribution in [2.75, 3.05) is 6.54 Å². The van der Waals surface area contributed by atoms with Gasteiger partial charge >= 0.3 is 42.8 Å². The zero-order chi connectivity index (χ0) is 13.1. The van der Waals surface area contributed by atoms with Crippen LogP contribution in [0.25, 0.3) is 5.32 Å². The number of hydrogen-bond acceptors (Lipinski definition) is 0. The third-order valence-corrected chi connectivity index (χ3v) is 4.09. The van der Waals surface area contributed by atoms with Gasteiger partial charge in [0.15, 0.2) is 0 Å². The van der Waals surface area contributed by atoms with Crippen LogP contribution >= 0.6 is 27.6 Å². The van der Waals surface area contributed by atoms with Crippen molar-refractivity contribution in [3.63, 3.8) is 0 Å². The molecule has 0 amide bonds. The van der Waals surface area contributed by atoms with Crippen molar-refractivity contribution in [1.82, 2.24) is 0 Å². The van der Waals surface area contributed by atoms with Crippen molar-refractivity contribution in [3.05, 3.63) is 28.7 Å². The second-order valence-electron chi connectivity index (χ2n) is 5.27. The molecule has 0 radical (unpaired) electrons. The van der Waals surface area contributed by atoms with E-state index >= 15 is 0 Å². The van der Waals surface area contributed by atoms with Crippen LogP contribution in [0.2, 0.25) is 0 Å². The Bertz CT molecular complexity index is 351. The second kappa shape index (κ2) is 7.06. The summed E-state index contributed by atoms with van der Waals surface area (Å²) in [5.41, 5.74) is 3.03. The summed E-state index contributed by atoms with van der Waals surface area (Å²) in [6.07, 6.45) is 10.1.